The number of fused-ring (bicyclic) bond motifs is 2. The average molecular weight is 208 g/mol. The molecule has 1 fully saturated rings. The Hall–Kier alpha value is -1.23. The summed E-state index contributed by atoms with van der Waals surface area (Å²) in [5.74, 6) is 1.65. The van der Waals surface area contributed by atoms with Gasteiger partial charge < -0.3 is 15.4 Å². The lowest BCUT2D eigenvalue weighted by Crippen LogP contribution is -2.30. The highest BCUT2D eigenvalue weighted by atomic mass is 16.5. The summed E-state index contributed by atoms with van der Waals surface area (Å²) in [5.41, 5.74) is 2.20. The molecule has 3 rings (SSSR count). The molecule has 0 saturated carbocycles. The van der Waals surface area contributed by atoms with Crippen LogP contribution in [-0.4, -0.2) is 35.6 Å². The van der Waals surface area contributed by atoms with Gasteiger partial charge in [-0.1, -0.05) is 0 Å². The molecule has 0 aromatic carbocycles. The van der Waals surface area contributed by atoms with Gasteiger partial charge in [0.1, 0.15) is 11.5 Å². The zero-order valence-electron chi connectivity index (χ0n) is 9.08. The van der Waals surface area contributed by atoms with E-state index in [-0.39, 0.29) is 0 Å². The largest absolute Gasteiger partial charge is 0.380 e. The summed E-state index contributed by atoms with van der Waals surface area (Å²) < 4.78 is 7.38. The van der Waals surface area contributed by atoms with Crippen molar-refractivity contribution >= 4 is 11.5 Å². The van der Waals surface area contributed by atoms with Crippen LogP contribution in [0.15, 0.2) is 0 Å². The Labute approximate surface area is 88.8 Å². The Morgan fingerprint density at radius 3 is 3.20 bits per heavy atom. The predicted octanol–water partition coefficient (Wildman–Crippen LogP) is 0.581. The highest BCUT2D eigenvalue weighted by Gasteiger charge is 2.32. The summed E-state index contributed by atoms with van der Waals surface area (Å²) in [7, 11) is 1.97. The molecular formula is C10H16N4O. The third-order valence-electron chi connectivity index (χ3n) is 3.28. The second-order valence-corrected chi connectivity index (χ2v) is 4.36. The zero-order valence-corrected chi connectivity index (χ0v) is 9.08. The fourth-order valence-corrected chi connectivity index (χ4v) is 2.40. The normalized spacial score (nSPS) is 28.7. The molecule has 5 nitrogen and oxygen atoms in total. The highest BCUT2D eigenvalue weighted by molar-refractivity contribution is 5.69. The van der Waals surface area contributed by atoms with E-state index < -0.39 is 0 Å². The molecule has 82 valence electrons. The number of nitrogens with one attached hydrogen (secondary N) is 2. The summed E-state index contributed by atoms with van der Waals surface area (Å²) in [6.07, 6.45) is 0. The first-order valence-corrected chi connectivity index (χ1v) is 5.37. The molecule has 2 aliphatic rings. The van der Waals surface area contributed by atoms with Crippen LogP contribution < -0.4 is 10.6 Å². The van der Waals surface area contributed by atoms with Crippen molar-refractivity contribution in [3.05, 3.63) is 5.69 Å². The van der Waals surface area contributed by atoms with Gasteiger partial charge in [-0.25, -0.2) is 0 Å². The van der Waals surface area contributed by atoms with E-state index in [0.29, 0.717) is 12.0 Å². The van der Waals surface area contributed by atoms with Crippen molar-refractivity contribution in [3.8, 4) is 0 Å². The van der Waals surface area contributed by atoms with Gasteiger partial charge in [0.05, 0.1) is 24.9 Å². The number of aromatic nitrogens is 2. The summed E-state index contributed by atoms with van der Waals surface area (Å²) in [6, 6.07) is 0.425. The number of rotatable bonds is 0. The van der Waals surface area contributed by atoms with Gasteiger partial charge in [0.15, 0.2) is 0 Å². The van der Waals surface area contributed by atoms with Gasteiger partial charge >= 0.3 is 0 Å². The first-order chi connectivity index (χ1) is 7.25. The number of ether oxygens (including phenoxy) is 1. The summed E-state index contributed by atoms with van der Waals surface area (Å²) in [4.78, 5) is 0. The van der Waals surface area contributed by atoms with Crippen LogP contribution in [0.25, 0.3) is 0 Å². The Kier molecular flexibility index (Phi) is 1.88. The van der Waals surface area contributed by atoms with Crippen LogP contribution in [0.3, 0.4) is 0 Å². The topological polar surface area (TPSA) is 51.1 Å². The molecule has 2 N–H and O–H groups in total. The molecule has 3 heterocycles. The number of aryl methyl sites for hydroxylation is 2. The SMILES string of the molecule is Cc1nn(C)c2c1NCC1COCC1N2. The maximum Gasteiger partial charge on any atom is 0.148 e. The molecule has 0 spiro atoms. The minimum absolute atomic E-state index is 0.425. The Balaban J connectivity index is 1.98. The third kappa shape index (κ3) is 1.30. The number of hydrogen-bond donors (Lipinski definition) is 2. The first-order valence-electron chi connectivity index (χ1n) is 5.37. The first kappa shape index (κ1) is 9.03. The number of hydrogen-bond acceptors (Lipinski definition) is 4. The lowest BCUT2D eigenvalue weighted by molar-refractivity contribution is 0.186. The van der Waals surface area contributed by atoms with Crippen LogP contribution in [0, 0.1) is 12.8 Å². The summed E-state index contributed by atoms with van der Waals surface area (Å²) >= 11 is 0. The van der Waals surface area contributed by atoms with E-state index in [0.717, 1.165) is 37.0 Å². The van der Waals surface area contributed by atoms with E-state index >= 15 is 0 Å². The molecule has 0 aliphatic carbocycles. The van der Waals surface area contributed by atoms with Crippen molar-refractivity contribution in [3.63, 3.8) is 0 Å². The molecule has 1 aromatic heterocycles. The van der Waals surface area contributed by atoms with Gasteiger partial charge in [-0.05, 0) is 6.92 Å². The molecule has 2 unspecified atom stereocenters. The number of anilines is 2. The molecule has 2 atom stereocenters. The van der Waals surface area contributed by atoms with Crippen LogP contribution in [0.5, 0.6) is 0 Å². The third-order valence-corrected chi connectivity index (χ3v) is 3.28. The summed E-state index contributed by atoms with van der Waals surface area (Å²) in [5, 5.41) is 11.4. The second-order valence-electron chi connectivity index (χ2n) is 4.36. The molecule has 15 heavy (non-hydrogen) atoms. The Bertz CT molecular complexity index is 387. The molecule has 5 heteroatoms. The zero-order chi connectivity index (χ0) is 10.4. The highest BCUT2D eigenvalue weighted by Crippen LogP contribution is 2.31. The molecule has 2 aliphatic heterocycles. The van der Waals surface area contributed by atoms with Crippen molar-refractivity contribution in [1.29, 1.82) is 0 Å². The number of nitrogens with zero attached hydrogens (tertiary/aromatic N) is 2. The van der Waals surface area contributed by atoms with Crippen molar-refractivity contribution in [2.75, 3.05) is 30.4 Å². The van der Waals surface area contributed by atoms with Crippen LogP contribution >= 0.6 is 0 Å². The molecule has 1 aromatic rings. The maximum atomic E-state index is 5.48. The minimum atomic E-state index is 0.425. The maximum absolute atomic E-state index is 5.48. The second kappa shape index (κ2) is 3.13. The molecule has 0 radical (unpaired) electrons. The van der Waals surface area contributed by atoms with Crippen molar-refractivity contribution in [2.24, 2.45) is 13.0 Å². The fourth-order valence-electron chi connectivity index (χ4n) is 2.40. The van der Waals surface area contributed by atoms with Crippen LogP contribution in [0.4, 0.5) is 11.5 Å². The van der Waals surface area contributed by atoms with Crippen molar-refractivity contribution < 1.29 is 4.74 Å². The van der Waals surface area contributed by atoms with E-state index in [9.17, 15) is 0 Å². The monoisotopic (exact) mass is 208 g/mol. The quantitative estimate of drug-likeness (QED) is 0.655. The minimum Gasteiger partial charge on any atom is -0.380 e. The Morgan fingerprint density at radius 2 is 2.33 bits per heavy atom. The van der Waals surface area contributed by atoms with Gasteiger partial charge in [-0.15, -0.1) is 0 Å². The van der Waals surface area contributed by atoms with E-state index in [4.69, 9.17) is 4.74 Å². The molecule has 0 amide bonds. The lowest BCUT2D eigenvalue weighted by atomic mass is 10.1. The molecular weight excluding hydrogens is 192 g/mol. The van der Waals surface area contributed by atoms with Crippen LogP contribution in [-0.2, 0) is 11.8 Å². The van der Waals surface area contributed by atoms with Gasteiger partial charge in [0.2, 0.25) is 0 Å². The van der Waals surface area contributed by atoms with Gasteiger partial charge in [0, 0.05) is 19.5 Å². The van der Waals surface area contributed by atoms with Gasteiger partial charge in [-0.3, -0.25) is 4.68 Å². The Morgan fingerprint density at radius 1 is 1.47 bits per heavy atom. The van der Waals surface area contributed by atoms with E-state index in [1.807, 2.05) is 18.7 Å². The lowest BCUT2D eigenvalue weighted by Gasteiger charge is -2.15. The van der Waals surface area contributed by atoms with Crippen LogP contribution in [0.1, 0.15) is 5.69 Å². The van der Waals surface area contributed by atoms with Gasteiger partial charge in [0.25, 0.3) is 0 Å². The van der Waals surface area contributed by atoms with Crippen LogP contribution in [0.2, 0.25) is 0 Å². The van der Waals surface area contributed by atoms with E-state index in [1.54, 1.807) is 0 Å². The standard InChI is InChI=1S/C10H16N4O/c1-6-9-10(14(2)13-6)12-8-5-15-4-7(8)3-11-9/h7-8,11-12H,3-5H2,1-2H3. The van der Waals surface area contributed by atoms with E-state index in [1.165, 1.54) is 0 Å². The van der Waals surface area contributed by atoms with E-state index in [2.05, 4.69) is 15.7 Å². The fraction of sp³-hybridized carbons (Fsp3) is 0.700. The average Bonchev–Trinajstić information content (AvgIpc) is 2.68. The molecule has 0 bridgehead atoms. The van der Waals surface area contributed by atoms with Gasteiger partial charge in [-0.2, -0.15) is 5.10 Å². The summed E-state index contributed by atoms with van der Waals surface area (Å²) in [6.45, 7) is 4.66. The predicted molar refractivity (Wildman–Crippen MR) is 58.2 cm³/mol. The van der Waals surface area contributed by atoms with Crippen molar-refractivity contribution in [2.45, 2.75) is 13.0 Å². The van der Waals surface area contributed by atoms with Crippen molar-refractivity contribution in [1.82, 2.24) is 9.78 Å². The molecule has 1 saturated heterocycles. The smallest absolute Gasteiger partial charge is 0.148 e.